The number of anilines is 1. The number of carbonyl (C=O) groups is 2. The third-order valence-corrected chi connectivity index (χ3v) is 7.32. The van der Waals surface area contributed by atoms with E-state index in [1.165, 1.54) is 0 Å². The van der Waals surface area contributed by atoms with Gasteiger partial charge in [-0.25, -0.2) is 4.79 Å². The van der Waals surface area contributed by atoms with Gasteiger partial charge in [0.15, 0.2) is 0 Å². The number of cyclic esters (lactones) is 1. The number of benzene rings is 3. The number of nitrogens with one attached hydrogen (secondary N) is 1. The van der Waals surface area contributed by atoms with Crippen LogP contribution in [-0.2, 0) is 11.3 Å². The first kappa shape index (κ1) is 24.7. The second kappa shape index (κ2) is 9.94. The molecule has 198 valence electrons. The average Bonchev–Trinajstić information content (AvgIpc) is 3.44. The van der Waals surface area contributed by atoms with Crippen LogP contribution in [-0.4, -0.2) is 41.4 Å². The Hall–Kier alpha value is -4.59. The van der Waals surface area contributed by atoms with Crippen molar-refractivity contribution in [2.75, 3.05) is 24.6 Å². The van der Waals surface area contributed by atoms with Gasteiger partial charge in [0.1, 0.15) is 5.76 Å². The standard InChI is InChI=1S/C31H30N4O4/c1-4-32-30(36)25-15-22(28-19(2)33-39-20(28)3)16-27-29(25)24-17-23(34-13-8-14-38-31(34)37)11-12-26(24)35(27)18-21-9-6-5-7-10-21/h5-7,9-12,15-17H,4,8,13-14,18H2,1-3H3,(H,32,36). The van der Waals surface area contributed by atoms with Crippen LogP contribution in [0.4, 0.5) is 10.5 Å². The van der Waals surface area contributed by atoms with Crippen LogP contribution in [0.2, 0.25) is 0 Å². The van der Waals surface area contributed by atoms with E-state index in [2.05, 4.69) is 33.2 Å². The van der Waals surface area contributed by atoms with E-state index in [0.29, 0.717) is 37.6 Å². The molecular formula is C31H30N4O4. The second-order valence-electron chi connectivity index (χ2n) is 9.87. The highest BCUT2D eigenvalue weighted by Crippen LogP contribution is 2.39. The fourth-order valence-electron chi connectivity index (χ4n) is 5.58. The quantitative estimate of drug-likeness (QED) is 0.286. The van der Waals surface area contributed by atoms with E-state index < -0.39 is 0 Å². The number of hydrogen-bond acceptors (Lipinski definition) is 5. The largest absolute Gasteiger partial charge is 0.449 e. The fraction of sp³-hybridized carbons (Fsp3) is 0.258. The monoisotopic (exact) mass is 522 g/mol. The fourth-order valence-corrected chi connectivity index (χ4v) is 5.58. The van der Waals surface area contributed by atoms with E-state index in [1.807, 2.05) is 63.2 Å². The van der Waals surface area contributed by atoms with Crippen molar-refractivity contribution in [1.82, 2.24) is 15.0 Å². The molecule has 0 saturated carbocycles. The van der Waals surface area contributed by atoms with Gasteiger partial charge in [0, 0.05) is 52.7 Å². The Bertz CT molecular complexity index is 1700. The Morgan fingerprint density at radius 2 is 1.87 bits per heavy atom. The molecule has 1 N–H and O–H groups in total. The predicted octanol–water partition coefficient (Wildman–Crippen LogP) is 6.21. The highest BCUT2D eigenvalue weighted by atomic mass is 16.6. The normalized spacial score (nSPS) is 13.7. The Morgan fingerprint density at radius 3 is 2.59 bits per heavy atom. The highest BCUT2D eigenvalue weighted by Gasteiger charge is 2.25. The molecule has 1 fully saturated rings. The van der Waals surface area contributed by atoms with Gasteiger partial charge >= 0.3 is 6.09 Å². The molecule has 2 amide bonds. The van der Waals surface area contributed by atoms with E-state index in [4.69, 9.17) is 9.26 Å². The van der Waals surface area contributed by atoms with Crippen molar-refractivity contribution in [3.05, 3.63) is 83.2 Å². The van der Waals surface area contributed by atoms with Crippen LogP contribution in [0.1, 0.15) is 40.7 Å². The number of amides is 2. The summed E-state index contributed by atoms with van der Waals surface area (Å²) >= 11 is 0. The van der Waals surface area contributed by atoms with E-state index in [9.17, 15) is 9.59 Å². The second-order valence-corrected chi connectivity index (χ2v) is 9.87. The van der Waals surface area contributed by atoms with Gasteiger partial charge in [0.2, 0.25) is 0 Å². The van der Waals surface area contributed by atoms with Crippen molar-refractivity contribution in [1.29, 1.82) is 0 Å². The SMILES string of the molecule is CCNC(=O)c1cc(-c2c(C)noc2C)cc2c1c1cc(N3CCCOC3=O)ccc1n2Cc1ccccc1. The first-order chi connectivity index (χ1) is 19.0. The van der Waals surface area contributed by atoms with Gasteiger partial charge in [-0.05, 0) is 68.7 Å². The molecule has 0 aliphatic carbocycles. The zero-order valence-electron chi connectivity index (χ0n) is 22.3. The number of hydrogen-bond donors (Lipinski definition) is 1. The minimum atomic E-state index is -0.349. The molecule has 0 radical (unpaired) electrons. The van der Waals surface area contributed by atoms with Gasteiger partial charge in [-0.2, -0.15) is 0 Å². The molecule has 0 atom stereocenters. The first-order valence-corrected chi connectivity index (χ1v) is 13.3. The van der Waals surface area contributed by atoms with Crippen LogP contribution in [0, 0.1) is 13.8 Å². The number of fused-ring (bicyclic) bond motifs is 3. The molecule has 2 aromatic heterocycles. The van der Waals surface area contributed by atoms with Crippen LogP contribution < -0.4 is 10.2 Å². The number of ether oxygens (including phenoxy) is 1. The lowest BCUT2D eigenvalue weighted by molar-refractivity contribution is 0.0957. The molecule has 1 aliphatic heterocycles. The van der Waals surface area contributed by atoms with Crippen LogP contribution >= 0.6 is 0 Å². The molecule has 0 spiro atoms. The average molecular weight is 523 g/mol. The van der Waals surface area contributed by atoms with Crippen molar-refractivity contribution in [3.63, 3.8) is 0 Å². The summed E-state index contributed by atoms with van der Waals surface area (Å²) in [6.07, 6.45) is 0.420. The van der Waals surface area contributed by atoms with Gasteiger partial charge in [0.25, 0.3) is 5.91 Å². The zero-order valence-corrected chi connectivity index (χ0v) is 22.3. The molecular weight excluding hydrogens is 492 g/mol. The molecule has 1 saturated heterocycles. The summed E-state index contributed by atoms with van der Waals surface area (Å²) in [5.74, 6) is 0.544. The topological polar surface area (TPSA) is 89.6 Å². The number of nitrogens with zero attached hydrogens (tertiary/aromatic N) is 3. The maximum absolute atomic E-state index is 13.6. The summed E-state index contributed by atoms with van der Waals surface area (Å²) in [5.41, 5.74) is 6.89. The summed E-state index contributed by atoms with van der Waals surface area (Å²) < 4.78 is 13.0. The zero-order chi connectivity index (χ0) is 27.1. The minimum absolute atomic E-state index is 0.155. The van der Waals surface area contributed by atoms with E-state index in [0.717, 1.165) is 56.3 Å². The number of aryl methyl sites for hydroxylation is 2. The number of carbonyl (C=O) groups excluding carboxylic acids is 2. The summed E-state index contributed by atoms with van der Waals surface area (Å²) in [5, 5.41) is 8.90. The Balaban J connectivity index is 1.67. The van der Waals surface area contributed by atoms with Crippen molar-refractivity contribution >= 4 is 39.5 Å². The van der Waals surface area contributed by atoms with Crippen molar-refractivity contribution in [2.45, 2.75) is 33.7 Å². The lowest BCUT2D eigenvalue weighted by Crippen LogP contribution is -2.37. The number of rotatable bonds is 6. The first-order valence-electron chi connectivity index (χ1n) is 13.3. The summed E-state index contributed by atoms with van der Waals surface area (Å²) in [6.45, 7) is 7.84. The lowest BCUT2D eigenvalue weighted by Gasteiger charge is -2.26. The van der Waals surface area contributed by atoms with Crippen molar-refractivity contribution in [3.8, 4) is 11.1 Å². The van der Waals surface area contributed by atoms with Gasteiger partial charge < -0.3 is 19.1 Å². The van der Waals surface area contributed by atoms with Crippen LogP contribution in [0.15, 0.2) is 65.2 Å². The van der Waals surface area contributed by atoms with Crippen molar-refractivity contribution < 1.29 is 18.8 Å². The predicted molar refractivity (Wildman–Crippen MR) is 151 cm³/mol. The Morgan fingerprint density at radius 1 is 1.05 bits per heavy atom. The molecule has 6 rings (SSSR count). The molecule has 5 aromatic rings. The number of aromatic nitrogens is 2. The molecule has 0 bridgehead atoms. The smallest absolute Gasteiger partial charge is 0.414 e. The van der Waals surface area contributed by atoms with E-state index in [1.54, 1.807) is 4.90 Å². The molecule has 8 nitrogen and oxygen atoms in total. The summed E-state index contributed by atoms with van der Waals surface area (Å²) in [4.78, 5) is 27.8. The van der Waals surface area contributed by atoms with Gasteiger partial charge in [-0.1, -0.05) is 35.5 Å². The van der Waals surface area contributed by atoms with Gasteiger partial charge in [-0.3, -0.25) is 9.69 Å². The summed E-state index contributed by atoms with van der Waals surface area (Å²) in [7, 11) is 0. The molecule has 1 aliphatic rings. The van der Waals surface area contributed by atoms with Gasteiger partial charge in [0.05, 0.1) is 17.8 Å². The minimum Gasteiger partial charge on any atom is -0.449 e. The van der Waals surface area contributed by atoms with Crippen LogP contribution in [0.5, 0.6) is 0 Å². The molecule has 8 heteroatoms. The highest BCUT2D eigenvalue weighted by molar-refractivity contribution is 6.20. The van der Waals surface area contributed by atoms with Gasteiger partial charge in [-0.15, -0.1) is 0 Å². The third-order valence-electron chi connectivity index (χ3n) is 7.32. The van der Waals surface area contributed by atoms with E-state index >= 15 is 0 Å². The van der Waals surface area contributed by atoms with E-state index in [-0.39, 0.29) is 12.0 Å². The molecule has 3 aromatic carbocycles. The molecule has 39 heavy (non-hydrogen) atoms. The van der Waals surface area contributed by atoms with Crippen LogP contribution in [0.25, 0.3) is 32.9 Å². The molecule has 3 heterocycles. The molecule has 0 unspecified atom stereocenters. The van der Waals surface area contributed by atoms with Crippen LogP contribution in [0.3, 0.4) is 0 Å². The summed E-state index contributed by atoms with van der Waals surface area (Å²) in [6, 6.07) is 20.3. The Kier molecular flexibility index (Phi) is 6.30. The Labute approximate surface area is 226 Å². The van der Waals surface area contributed by atoms with Crippen molar-refractivity contribution in [2.24, 2.45) is 0 Å². The third kappa shape index (κ3) is 4.31. The lowest BCUT2D eigenvalue weighted by atomic mass is 9.97. The maximum atomic E-state index is 13.6. The maximum Gasteiger partial charge on any atom is 0.414 e.